The molecule has 0 aliphatic heterocycles. The minimum Gasteiger partial charge on any atom is -0.264 e. The third-order valence-corrected chi connectivity index (χ3v) is 2.94. The molecule has 0 fully saturated rings. The Balaban J connectivity index is 2.16. The van der Waals surface area contributed by atoms with Crippen molar-refractivity contribution < 1.29 is 0 Å². The molecule has 3 rings (SSSR count). The number of pyridine rings is 1. The smallest absolute Gasteiger partial charge is 0.212 e. The first-order chi connectivity index (χ1) is 7.33. The van der Waals surface area contributed by atoms with Crippen LogP contribution < -0.4 is 0 Å². The summed E-state index contributed by atoms with van der Waals surface area (Å²) >= 11 is 1.59. The lowest BCUT2D eigenvalue weighted by Gasteiger charge is -1.91. The summed E-state index contributed by atoms with van der Waals surface area (Å²) in [6.07, 6.45) is 5.49. The summed E-state index contributed by atoms with van der Waals surface area (Å²) < 4.78 is 1.81. The Labute approximate surface area is 90.2 Å². The molecule has 5 heteroatoms. The van der Waals surface area contributed by atoms with Gasteiger partial charge in [0.1, 0.15) is 5.01 Å². The van der Waals surface area contributed by atoms with Crippen LogP contribution in [0.15, 0.2) is 30.7 Å². The highest BCUT2D eigenvalue weighted by molar-refractivity contribution is 7.16. The van der Waals surface area contributed by atoms with Crippen LogP contribution in [-0.2, 0) is 0 Å². The van der Waals surface area contributed by atoms with Crippen LogP contribution >= 0.6 is 11.3 Å². The zero-order valence-electron chi connectivity index (χ0n) is 8.08. The van der Waals surface area contributed by atoms with Gasteiger partial charge in [-0.1, -0.05) is 11.3 Å². The molecule has 0 unspecified atom stereocenters. The van der Waals surface area contributed by atoms with E-state index in [0.29, 0.717) is 0 Å². The van der Waals surface area contributed by atoms with E-state index in [1.165, 1.54) is 0 Å². The molecule has 0 aliphatic rings. The molecule has 0 aliphatic carbocycles. The van der Waals surface area contributed by atoms with Crippen LogP contribution in [-0.4, -0.2) is 19.6 Å². The number of hydrogen-bond donors (Lipinski definition) is 0. The van der Waals surface area contributed by atoms with Gasteiger partial charge in [0.2, 0.25) is 4.96 Å². The average Bonchev–Trinajstić information content (AvgIpc) is 2.76. The van der Waals surface area contributed by atoms with Crippen molar-refractivity contribution in [2.24, 2.45) is 0 Å². The van der Waals surface area contributed by atoms with E-state index < -0.39 is 0 Å². The van der Waals surface area contributed by atoms with Crippen LogP contribution in [0.1, 0.15) is 5.01 Å². The number of hydrogen-bond acceptors (Lipinski definition) is 4. The first kappa shape index (κ1) is 8.55. The standard InChI is InChI=1S/C10H8N4S/c1-7-13-14-6-9(12-10(14)15-7)8-3-2-4-11-5-8/h2-6H,1H3. The van der Waals surface area contributed by atoms with Gasteiger partial charge in [0.25, 0.3) is 0 Å². The minimum atomic E-state index is 0.918. The summed E-state index contributed by atoms with van der Waals surface area (Å²) in [7, 11) is 0. The van der Waals surface area contributed by atoms with Gasteiger partial charge in [-0.15, -0.1) is 0 Å². The number of imidazole rings is 1. The van der Waals surface area contributed by atoms with Crippen molar-refractivity contribution in [2.75, 3.05) is 0 Å². The molecule has 0 amide bonds. The van der Waals surface area contributed by atoms with Gasteiger partial charge in [-0.3, -0.25) is 4.98 Å². The molecule has 0 atom stereocenters. The second-order valence-electron chi connectivity index (χ2n) is 3.22. The molecule has 15 heavy (non-hydrogen) atoms. The van der Waals surface area contributed by atoms with Gasteiger partial charge in [-0.05, 0) is 19.1 Å². The van der Waals surface area contributed by atoms with Crippen LogP contribution in [0.25, 0.3) is 16.2 Å². The van der Waals surface area contributed by atoms with Crippen molar-refractivity contribution >= 4 is 16.3 Å². The maximum Gasteiger partial charge on any atom is 0.212 e. The van der Waals surface area contributed by atoms with Gasteiger partial charge in [0.05, 0.1) is 11.9 Å². The zero-order valence-corrected chi connectivity index (χ0v) is 8.90. The zero-order chi connectivity index (χ0) is 10.3. The molecule has 0 radical (unpaired) electrons. The van der Waals surface area contributed by atoms with E-state index in [-0.39, 0.29) is 0 Å². The van der Waals surface area contributed by atoms with Crippen molar-refractivity contribution in [3.63, 3.8) is 0 Å². The van der Waals surface area contributed by atoms with Crippen LogP contribution in [0.3, 0.4) is 0 Å². The molecule has 3 heterocycles. The van der Waals surface area contributed by atoms with Crippen molar-refractivity contribution in [3.05, 3.63) is 35.7 Å². The van der Waals surface area contributed by atoms with E-state index in [1.54, 1.807) is 23.7 Å². The fraction of sp³-hybridized carbons (Fsp3) is 0.100. The van der Waals surface area contributed by atoms with Crippen molar-refractivity contribution in [1.82, 2.24) is 19.6 Å². The van der Waals surface area contributed by atoms with Gasteiger partial charge in [0, 0.05) is 18.0 Å². The molecule has 74 valence electrons. The summed E-state index contributed by atoms with van der Waals surface area (Å²) in [5, 5.41) is 5.33. The molecule has 3 aromatic rings. The van der Waals surface area contributed by atoms with Crippen LogP contribution in [0.2, 0.25) is 0 Å². The maximum absolute atomic E-state index is 4.48. The minimum absolute atomic E-state index is 0.918. The summed E-state index contributed by atoms with van der Waals surface area (Å²) in [4.78, 5) is 9.47. The van der Waals surface area contributed by atoms with Gasteiger partial charge in [-0.2, -0.15) is 5.10 Å². The predicted molar refractivity (Wildman–Crippen MR) is 58.8 cm³/mol. The fourth-order valence-corrected chi connectivity index (χ4v) is 2.18. The van der Waals surface area contributed by atoms with Gasteiger partial charge >= 0.3 is 0 Å². The SMILES string of the molecule is Cc1nn2cc(-c3cccnc3)nc2s1. The highest BCUT2D eigenvalue weighted by atomic mass is 32.1. The molecule has 0 saturated heterocycles. The maximum atomic E-state index is 4.48. The fourth-order valence-electron chi connectivity index (χ4n) is 1.45. The number of rotatable bonds is 1. The summed E-state index contributed by atoms with van der Waals surface area (Å²) in [5.41, 5.74) is 1.94. The lowest BCUT2D eigenvalue weighted by atomic mass is 10.2. The lowest BCUT2D eigenvalue weighted by molar-refractivity contribution is 0.946. The Morgan fingerprint density at radius 2 is 2.33 bits per heavy atom. The largest absolute Gasteiger partial charge is 0.264 e. The third kappa shape index (κ3) is 1.41. The quantitative estimate of drug-likeness (QED) is 0.626. The molecule has 0 spiro atoms. The number of nitrogens with zero attached hydrogens (tertiary/aromatic N) is 4. The molecule has 3 aromatic heterocycles. The monoisotopic (exact) mass is 216 g/mol. The van der Waals surface area contributed by atoms with E-state index in [4.69, 9.17) is 0 Å². The summed E-state index contributed by atoms with van der Waals surface area (Å²) in [6, 6.07) is 3.90. The van der Waals surface area contributed by atoms with Crippen LogP contribution in [0.5, 0.6) is 0 Å². The van der Waals surface area contributed by atoms with E-state index in [1.807, 2.05) is 29.8 Å². The van der Waals surface area contributed by atoms with Gasteiger partial charge in [-0.25, -0.2) is 9.50 Å². The topological polar surface area (TPSA) is 43.1 Å². The van der Waals surface area contributed by atoms with E-state index in [9.17, 15) is 0 Å². The molecule has 4 nitrogen and oxygen atoms in total. The highest BCUT2D eigenvalue weighted by Gasteiger charge is 2.06. The van der Waals surface area contributed by atoms with Crippen molar-refractivity contribution in [3.8, 4) is 11.3 Å². The molecule has 0 saturated carbocycles. The first-order valence-corrected chi connectivity index (χ1v) is 5.38. The molecule has 0 bridgehead atoms. The third-order valence-electron chi connectivity index (χ3n) is 2.10. The van der Waals surface area contributed by atoms with Crippen molar-refractivity contribution in [1.29, 1.82) is 0 Å². The van der Waals surface area contributed by atoms with Gasteiger partial charge < -0.3 is 0 Å². The average molecular weight is 216 g/mol. The summed E-state index contributed by atoms with van der Waals surface area (Å²) in [6.45, 7) is 1.98. The molecular formula is C10H8N4S. The number of aromatic nitrogens is 4. The van der Waals surface area contributed by atoms with Crippen molar-refractivity contribution in [2.45, 2.75) is 6.92 Å². The summed E-state index contributed by atoms with van der Waals surface area (Å²) in [5.74, 6) is 0. The normalized spacial score (nSPS) is 11.0. The molecule has 0 aromatic carbocycles. The first-order valence-electron chi connectivity index (χ1n) is 4.56. The second kappa shape index (κ2) is 3.13. The van der Waals surface area contributed by atoms with Gasteiger partial charge in [0.15, 0.2) is 0 Å². The number of fused-ring (bicyclic) bond motifs is 1. The highest BCUT2D eigenvalue weighted by Crippen LogP contribution is 2.20. The number of aryl methyl sites for hydroxylation is 1. The Kier molecular flexibility index (Phi) is 1.78. The second-order valence-corrected chi connectivity index (χ2v) is 4.38. The van der Waals surface area contributed by atoms with E-state index in [0.717, 1.165) is 21.2 Å². The lowest BCUT2D eigenvalue weighted by Crippen LogP contribution is -1.80. The molecule has 0 N–H and O–H groups in total. The van der Waals surface area contributed by atoms with Crippen LogP contribution in [0.4, 0.5) is 0 Å². The Hall–Kier alpha value is -1.75. The van der Waals surface area contributed by atoms with Crippen LogP contribution in [0, 0.1) is 6.92 Å². The van der Waals surface area contributed by atoms with E-state index in [2.05, 4.69) is 15.1 Å². The Bertz CT molecular complexity index is 565. The molecular weight excluding hydrogens is 208 g/mol. The predicted octanol–water partition coefficient (Wildman–Crippen LogP) is 2.16. The Morgan fingerprint density at radius 3 is 3.07 bits per heavy atom. The Morgan fingerprint density at radius 1 is 1.40 bits per heavy atom. The van der Waals surface area contributed by atoms with E-state index >= 15 is 0 Å².